The second-order valence-electron chi connectivity index (χ2n) is 4.97. The van der Waals surface area contributed by atoms with Gasteiger partial charge in [0.05, 0.1) is 0 Å². The molecule has 7 nitrogen and oxygen atoms in total. The summed E-state index contributed by atoms with van der Waals surface area (Å²) in [6.07, 6.45) is -0.286. The third kappa shape index (κ3) is 12.9. The molecule has 25 heavy (non-hydrogen) atoms. The molecule has 0 bridgehead atoms. The topological polar surface area (TPSA) is 131 Å². The van der Waals surface area contributed by atoms with Gasteiger partial charge in [0.1, 0.15) is 11.5 Å². The van der Waals surface area contributed by atoms with E-state index in [2.05, 4.69) is 4.74 Å². The van der Waals surface area contributed by atoms with Crippen molar-refractivity contribution < 1.29 is 35.4 Å². The van der Waals surface area contributed by atoms with Gasteiger partial charge in [0.15, 0.2) is 0 Å². The van der Waals surface area contributed by atoms with Gasteiger partial charge in [-0.3, -0.25) is 4.74 Å². The van der Waals surface area contributed by atoms with Gasteiger partial charge in [-0.2, -0.15) is 0 Å². The molecule has 0 saturated carbocycles. The van der Waals surface area contributed by atoms with Crippen LogP contribution >= 0.6 is 0 Å². The molecule has 0 aliphatic heterocycles. The number of phenols is 2. The second-order valence-corrected chi connectivity index (χ2v) is 4.97. The van der Waals surface area contributed by atoms with Gasteiger partial charge in [-0.1, -0.05) is 50.2 Å². The first-order valence-electron chi connectivity index (χ1n) is 7.69. The third-order valence-electron chi connectivity index (χ3n) is 2.76. The molecule has 0 saturated heterocycles. The van der Waals surface area contributed by atoms with Crippen LogP contribution in [0.15, 0.2) is 60.7 Å². The van der Waals surface area contributed by atoms with Gasteiger partial charge >= 0.3 is 0 Å². The largest absolute Gasteiger partial charge is 0.508 e. The Morgan fingerprint density at radius 2 is 0.920 bits per heavy atom. The number of ether oxygens (including phenoxy) is 1. The van der Waals surface area contributed by atoms with E-state index in [9.17, 15) is 0 Å². The predicted octanol–water partition coefficient (Wildman–Crippen LogP) is 1.88. The predicted molar refractivity (Wildman–Crippen MR) is 92.2 cm³/mol. The van der Waals surface area contributed by atoms with Crippen molar-refractivity contribution >= 4 is 0 Å². The van der Waals surface area contributed by atoms with Gasteiger partial charge in [0.2, 0.25) is 0 Å². The van der Waals surface area contributed by atoms with Crippen molar-refractivity contribution in [2.75, 3.05) is 0 Å². The van der Waals surface area contributed by atoms with Gasteiger partial charge < -0.3 is 30.6 Å². The quantitative estimate of drug-likeness (QED) is 0.462. The Morgan fingerprint density at radius 3 is 1.08 bits per heavy atom. The molecule has 0 aliphatic rings. The van der Waals surface area contributed by atoms with Crippen LogP contribution < -0.4 is 0 Å². The maximum Gasteiger partial charge on any atom is 0.281 e. The zero-order chi connectivity index (χ0) is 19.3. The average Bonchev–Trinajstić information content (AvgIpc) is 2.57. The van der Waals surface area contributed by atoms with Crippen LogP contribution in [0.5, 0.6) is 11.5 Å². The average molecular weight is 354 g/mol. The van der Waals surface area contributed by atoms with Crippen LogP contribution in [0.25, 0.3) is 0 Å². The van der Waals surface area contributed by atoms with E-state index in [0.717, 1.165) is 0 Å². The fourth-order valence-electron chi connectivity index (χ4n) is 1.26. The number of aliphatic hydroxyl groups is 4. The molecule has 7 heteroatoms. The highest BCUT2D eigenvalue weighted by molar-refractivity contribution is 5.19. The fraction of sp³-hybridized carbons (Fsp3) is 0.333. The summed E-state index contributed by atoms with van der Waals surface area (Å²) in [4.78, 5) is 0. The van der Waals surface area contributed by atoms with E-state index < -0.39 is 11.9 Å². The van der Waals surface area contributed by atoms with Crippen molar-refractivity contribution in [3.8, 4) is 11.5 Å². The number of rotatable bonds is 4. The van der Waals surface area contributed by atoms with Crippen molar-refractivity contribution in [1.82, 2.24) is 0 Å². The van der Waals surface area contributed by atoms with E-state index in [0.29, 0.717) is 11.5 Å². The Balaban J connectivity index is 0.000000358. The second kappa shape index (κ2) is 11.4. The molecule has 0 unspecified atom stereocenters. The summed E-state index contributed by atoms with van der Waals surface area (Å²) in [6.45, 7) is 2.87. The van der Waals surface area contributed by atoms with E-state index in [1.807, 2.05) is 12.1 Å². The maximum atomic E-state index is 8.80. The van der Waals surface area contributed by atoms with Crippen LogP contribution in [-0.2, 0) is 4.74 Å². The minimum absolute atomic E-state index is 0.143. The first-order chi connectivity index (χ1) is 11.6. The van der Waals surface area contributed by atoms with Crippen LogP contribution in [0.4, 0.5) is 0 Å². The molecule has 0 fully saturated rings. The highest BCUT2D eigenvalue weighted by Crippen LogP contribution is 2.17. The van der Waals surface area contributed by atoms with Crippen molar-refractivity contribution in [3.63, 3.8) is 0 Å². The van der Waals surface area contributed by atoms with E-state index in [1.165, 1.54) is 13.8 Å². The first-order valence-corrected chi connectivity index (χ1v) is 7.69. The molecule has 0 amide bonds. The maximum absolute atomic E-state index is 8.80. The molecule has 2 aromatic rings. The lowest BCUT2D eigenvalue weighted by molar-refractivity contribution is -0.471. The van der Waals surface area contributed by atoms with Crippen molar-refractivity contribution in [2.45, 2.75) is 38.6 Å². The fourth-order valence-corrected chi connectivity index (χ4v) is 1.26. The van der Waals surface area contributed by atoms with Crippen LogP contribution in [0.3, 0.4) is 0 Å². The van der Waals surface area contributed by atoms with Crippen LogP contribution in [0, 0.1) is 0 Å². The number of aromatic hydroxyl groups is 2. The van der Waals surface area contributed by atoms with Crippen molar-refractivity contribution in [3.05, 3.63) is 60.7 Å². The molecule has 2 rings (SSSR count). The van der Waals surface area contributed by atoms with Gasteiger partial charge in [0.25, 0.3) is 11.9 Å². The number of hydrogen-bond acceptors (Lipinski definition) is 7. The first kappa shape index (κ1) is 22.8. The lowest BCUT2D eigenvalue weighted by Gasteiger charge is -2.28. The Bertz CT molecular complexity index is 505. The van der Waals surface area contributed by atoms with Gasteiger partial charge in [-0.15, -0.1) is 0 Å². The van der Waals surface area contributed by atoms with Crippen molar-refractivity contribution in [2.24, 2.45) is 0 Å². The minimum Gasteiger partial charge on any atom is -0.508 e. The molecule has 2 aromatic carbocycles. The molecule has 0 spiro atoms. The Labute approximate surface area is 147 Å². The standard InChI is InChI=1S/C6H14O5.2C6H6O/c1-3-5(7,8)11-6(9,10)4-2;2*7-6-4-2-1-3-5-6/h7-10H,3-4H2,1-2H3;2*1-5,7H. The Kier molecular flexibility index (Phi) is 10.4. The number of para-hydroxylation sites is 2. The van der Waals surface area contributed by atoms with Gasteiger partial charge in [0, 0.05) is 12.8 Å². The molecule has 0 heterocycles. The lowest BCUT2D eigenvalue weighted by atomic mass is 10.3. The van der Waals surface area contributed by atoms with E-state index >= 15 is 0 Å². The highest BCUT2D eigenvalue weighted by atomic mass is 16.9. The van der Waals surface area contributed by atoms with Crippen molar-refractivity contribution in [1.29, 1.82) is 0 Å². The van der Waals surface area contributed by atoms with Crippen LogP contribution in [0.1, 0.15) is 26.7 Å². The van der Waals surface area contributed by atoms with E-state index in [-0.39, 0.29) is 12.8 Å². The van der Waals surface area contributed by atoms with Crippen LogP contribution in [-0.4, -0.2) is 42.6 Å². The lowest BCUT2D eigenvalue weighted by Crippen LogP contribution is -2.44. The molecule has 6 N–H and O–H groups in total. The van der Waals surface area contributed by atoms with Gasteiger partial charge in [-0.25, -0.2) is 0 Å². The molecule has 0 aliphatic carbocycles. The Hall–Kier alpha value is -2.16. The summed E-state index contributed by atoms with van der Waals surface area (Å²) in [6, 6.07) is 17.4. The highest BCUT2D eigenvalue weighted by Gasteiger charge is 2.34. The monoisotopic (exact) mass is 354 g/mol. The molecular formula is C18H26O7. The number of phenolic OH excluding ortho intramolecular Hbond substituents is 2. The molecular weight excluding hydrogens is 328 g/mol. The summed E-state index contributed by atoms with van der Waals surface area (Å²) in [5.41, 5.74) is 0. The smallest absolute Gasteiger partial charge is 0.281 e. The molecule has 0 aromatic heterocycles. The summed E-state index contributed by atoms with van der Waals surface area (Å²) in [5, 5.41) is 52.5. The van der Waals surface area contributed by atoms with E-state index in [4.69, 9.17) is 30.6 Å². The summed E-state index contributed by atoms with van der Waals surface area (Å²) in [7, 11) is 0. The van der Waals surface area contributed by atoms with E-state index in [1.54, 1.807) is 48.5 Å². The minimum atomic E-state index is -2.47. The molecule has 0 radical (unpaired) electrons. The van der Waals surface area contributed by atoms with Gasteiger partial charge in [-0.05, 0) is 24.3 Å². The third-order valence-corrected chi connectivity index (χ3v) is 2.76. The normalized spacial score (nSPS) is 10.8. The Morgan fingerprint density at radius 1 is 0.640 bits per heavy atom. The zero-order valence-electron chi connectivity index (χ0n) is 14.3. The SMILES string of the molecule is CCC(O)(O)OC(O)(O)CC.Oc1ccccc1.Oc1ccccc1. The number of benzene rings is 2. The van der Waals surface area contributed by atoms with Crippen LogP contribution in [0.2, 0.25) is 0 Å². The summed E-state index contributed by atoms with van der Waals surface area (Å²) >= 11 is 0. The number of hydrogen-bond donors (Lipinski definition) is 6. The summed E-state index contributed by atoms with van der Waals surface area (Å²) in [5.74, 6) is -4.30. The zero-order valence-corrected chi connectivity index (χ0v) is 14.3. The summed E-state index contributed by atoms with van der Waals surface area (Å²) < 4.78 is 4.15. The molecule has 140 valence electrons. The molecule has 0 atom stereocenters.